The van der Waals surface area contributed by atoms with Crippen LogP contribution in [0.15, 0.2) is 24.3 Å². The largest absolute Gasteiger partial charge is 0.353 e. The second-order valence-electron chi connectivity index (χ2n) is 5.42. The van der Waals surface area contributed by atoms with E-state index in [-0.39, 0.29) is 11.8 Å². The number of carbonyl (C=O) groups is 2. The quantitative estimate of drug-likeness (QED) is 0.747. The highest BCUT2D eigenvalue weighted by molar-refractivity contribution is 14.1. The lowest BCUT2D eigenvalue weighted by Gasteiger charge is -2.22. The number of nitrogens with one attached hydrogen (secondary N) is 2. The number of halogens is 1. The Balaban J connectivity index is 1.68. The summed E-state index contributed by atoms with van der Waals surface area (Å²) in [5.41, 5.74) is 0.634. The van der Waals surface area contributed by atoms with Crippen LogP contribution in [0.5, 0.6) is 0 Å². The van der Waals surface area contributed by atoms with Gasteiger partial charge in [-0.25, -0.2) is 0 Å². The van der Waals surface area contributed by atoms with Crippen LogP contribution in [0.3, 0.4) is 0 Å². The SMILES string of the molecule is O=C(CCNC(=O)c1cccc(I)c1)NC1CCCCC1. The Labute approximate surface area is 139 Å². The molecule has 0 radical (unpaired) electrons. The summed E-state index contributed by atoms with van der Waals surface area (Å²) in [6.07, 6.45) is 6.19. The zero-order chi connectivity index (χ0) is 15.1. The first-order valence-corrected chi connectivity index (χ1v) is 8.56. The van der Waals surface area contributed by atoms with Crippen molar-refractivity contribution >= 4 is 34.4 Å². The van der Waals surface area contributed by atoms with Crippen molar-refractivity contribution in [3.05, 3.63) is 33.4 Å². The minimum atomic E-state index is -0.126. The van der Waals surface area contributed by atoms with Crippen LogP contribution in [0.25, 0.3) is 0 Å². The predicted octanol–water partition coefficient (Wildman–Crippen LogP) is 2.86. The first kappa shape index (κ1) is 16.3. The lowest BCUT2D eigenvalue weighted by molar-refractivity contribution is -0.121. The van der Waals surface area contributed by atoms with E-state index in [9.17, 15) is 9.59 Å². The van der Waals surface area contributed by atoms with E-state index in [1.54, 1.807) is 6.07 Å². The van der Waals surface area contributed by atoms with Crippen LogP contribution in [0.4, 0.5) is 0 Å². The van der Waals surface area contributed by atoms with Gasteiger partial charge in [0.2, 0.25) is 5.91 Å². The normalized spacial score (nSPS) is 15.5. The predicted molar refractivity (Wildman–Crippen MR) is 91.1 cm³/mol. The van der Waals surface area contributed by atoms with Gasteiger partial charge in [0.15, 0.2) is 0 Å². The van der Waals surface area contributed by atoms with Gasteiger partial charge >= 0.3 is 0 Å². The smallest absolute Gasteiger partial charge is 0.251 e. The fourth-order valence-electron chi connectivity index (χ4n) is 2.57. The minimum Gasteiger partial charge on any atom is -0.353 e. The highest BCUT2D eigenvalue weighted by atomic mass is 127. The van der Waals surface area contributed by atoms with Crippen LogP contribution in [-0.4, -0.2) is 24.4 Å². The van der Waals surface area contributed by atoms with Crippen molar-refractivity contribution in [1.29, 1.82) is 0 Å². The Hall–Kier alpha value is -1.11. The molecule has 0 aromatic heterocycles. The van der Waals surface area contributed by atoms with Gasteiger partial charge in [-0.05, 0) is 53.6 Å². The Morgan fingerprint density at radius 1 is 1.19 bits per heavy atom. The molecule has 0 heterocycles. The van der Waals surface area contributed by atoms with Gasteiger partial charge in [-0.15, -0.1) is 0 Å². The Morgan fingerprint density at radius 2 is 1.95 bits per heavy atom. The van der Waals surface area contributed by atoms with E-state index >= 15 is 0 Å². The fourth-order valence-corrected chi connectivity index (χ4v) is 3.11. The number of hydrogen-bond donors (Lipinski definition) is 2. The van der Waals surface area contributed by atoms with Gasteiger partial charge in [0, 0.05) is 28.1 Å². The van der Waals surface area contributed by atoms with Crippen LogP contribution >= 0.6 is 22.6 Å². The van der Waals surface area contributed by atoms with E-state index in [0.29, 0.717) is 24.6 Å². The highest BCUT2D eigenvalue weighted by Crippen LogP contribution is 2.17. The van der Waals surface area contributed by atoms with Gasteiger partial charge < -0.3 is 10.6 Å². The molecule has 1 aromatic carbocycles. The van der Waals surface area contributed by atoms with Crippen molar-refractivity contribution in [3.63, 3.8) is 0 Å². The monoisotopic (exact) mass is 400 g/mol. The molecule has 1 aromatic rings. The Bertz CT molecular complexity index is 499. The van der Waals surface area contributed by atoms with Crippen LogP contribution in [0.1, 0.15) is 48.9 Å². The van der Waals surface area contributed by atoms with E-state index < -0.39 is 0 Å². The molecule has 0 saturated heterocycles. The van der Waals surface area contributed by atoms with E-state index in [1.165, 1.54) is 19.3 Å². The van der Waals surface area contributed by atoms with Crippen LogP contribution in [0.2, 0.25) is 0 Å². The molecule has 1 aliphatic rings. The molecular formula is C16H21IN2O2. The maximum Gasteiger partial charge on any atom is 0.251 e. The van der Waals surface area contributed by atoms with Crippen molar-refractivity contribution in [2.75, 3.05) is 6.54 Å². The number of benzene rings is 1. The standard InChI is InChI=1S/C16H21IN2O2/c17-13-6-4-5-12(11-13)16(21)18-10-9-15(20)19-14-7-2-1-3-8-14/h4-6,11,14H,1-3,7-10H2,(H,18,21)(H,19,20). The van der Waals surface area contributed by atoms with Gasteiger partial charge in [-0.1, -0.05) is 25.3 Å². The average Bonchev–Trinajstić information content (AvgIpc) is 2.48. The molecule has 2 amide bonds. The van der Waals surface area contributed by atoms with Crippen LogP contribution in [-0.2, 0) is 4.79 Å². The first-order valence-electron chi connectivity index (χ1n) is 7.48. The first-order chi connectivity index (χ1) is 10.1. The van der Waals surface area contributed by atoms with Crippen LogP contribution < -0.4 is 10.6 Å². The molecular weight excluding hydrogens is 379 g/mol. The molecule has 0 aliphatic heterocycles. The number of rotatable bonds is 5. The molecule has 2 N–H and O–H groups in total. The zero-order valence-corrected chi connectivity index (χ0v) is 14.2. The topological polar surface area (TPSA) is 58.2 Å². The highest BCUT2D eigenvalue weighted by Gasteiger charge is 2.15. The number of hydrogen-bond acceptors (Lipinski definition) is 2. The van der Waals surface area contributed by atoms with E-state index in [4.69, 9.17) is 0 Å². The minimum absolute atomic E-state index is 0.0323. The molecule has 0 atom stereocenters. The molecule has 0 bridgehead atoms. The van der Waals surface area contributed by atoms with Crippen molar-refractivity contribution in [2.24, 2.45) is 0 Å². The zero-order valence-electron chi connectivity index (χ0n) is 12.0. The summed E-state index contributed by atoms with van der Waals surface area (Å²) in [5, 5.41) is 5.84. The summed E-state index contributed by atoms with van der Waals surface area (Å²) in [7, 11) is 0. The molecule has 0 unspecified atom stereocenters. The van der Waals surface area contributed by atoms with Crippen molar-refractivity contribution in [2.45, 2.75) is 44.6 Å². The maximum atomic E-state index is 11.9. The molecule has 1 fully saturated rings. The molecule has 4 nitrogen and oxygen atoms in total. The van der Waals surface area contributed by atoms with Crippen molar-refractivity contribution in [3.8, 4) is 0 Å². The Kier molecular flexibility index (Phi) is 6.48. The third kappa shape index (κ3) is 5.65. The van der Waals surface area contributed by atoms with E-state index in [2.05, 4.69) is 33.2 Å². The number of carbonyl (C=O) groups excluding carboxylic acids is 2. The van der Waals surface area contributed by atoms with Gasteiger partial charge in [-0.3, -0.25) is 9.59 Å². The molecule has 1 saturated carbocycles. The lowest BCUT2D eigenvalue weighted by atomic mass is 9.95. The molecule has 1 aliphatic carbocycles. The second kappa shape index (κ2) is 8.36. The van der Waals surface area contributed by atoms with Crippen LogP contribution in [0, 0.1) is 3.57 Å². The third-order valence-electron chi connectivity index (χ3n) is 3.69. The summed E-state index contributed by atoms with van der Waals surface area (Å²) in [5.74, 6) is -0.0937. The van der Waals surface area contributed by atoms with Crippen molar-refractivity contribution in [1.82, 2.24) is 10.6 Å². The third-order valence-corrected chi connectivity index (χ3v) is 4.37. The summed E-state index contributed by atoms with van der Waals surface area (Å²) in [6, 6.07) is 7.73. The molecule has 5 heteroatoms. The summed E-state index contributed by atoms with van der Waals surface area (Å²) < 4.78 is 1.02. The summed E-state index contributed by atoms with van der Waals surface area (Å²) in [4.78, 5) is 23.7. The number of amides is 2. The average molecular weight is 400 g/mol. The van der Waals surface area contributed by atoms with Gasteiger partial charge in [0.1, 0.15) is 0 Å². The maximum absolute atomic E-state index is 11.9. The molecule has 114 valence electrons. The Morgan fingerprint density at radius 3 is 2.67 bits per heavy atom. The van der Waals surface area contributed by atoms with Gasteiger partial charge in [0.25, 0.3) is 5.91 Å². The van der Waals surface area contributed by atoms with Gasteiger partial charge in [0.05, 0.1) is 0 Å². The van der Waals surface area contributed by atoms with Crippen molar-refractivity contribution < 1.29 is 9.59 Å². The molecule has 0 spiro atoms. The van der Waals surface area contributed by atoms with E-state index in [1.807, 2.05) is 18.2 Å². The molecule has 21 heavy (non-hydrogen) atoms. The fraction of sp³-hybridized carbons (Fsp3) is 0.500. The summed E-state index contributed by atoms with van der Waals surface area (Å²) in [6.45, 7) is 0.378. The second-order valence-corrected chi connectivity index (χ2v) is 6.66. The van der Waals surface area contributed by atoms with E-state index in [0.717, 1.165) is 16.4 Å². The lowest BCUT2D eigenvalue weighted by Crippen LogP contribution is -2.38. The summed E-state index contributed by atoms with van der Waals surface area (Å²) >= 11 is 2.17. The molecule has 2 rings (SSSR count). The van der Waals surface area contributed by atoms with Gasteiger partial charge in [-0.2, -0.15) is 0 Å².